The van der Waals surface area contributed by atoms with E-state index in [1.54, 1.807) is 0 Å². The van der Waals surface area contributed by atoms with Gasteiger partial charge in [0.05, 0.1) is 6.07 Å². The molecule has 0 heterocycles. The summed E-state index contributed by atoms with van der Waals surface area (Å²) in [5, 5.41) is 13.0. The van der Waals surface area contributed by atoms with Crippen LogP contribution < -0.4 is 5.32 Å². The van der Waals surface area contributed by atoms with Gasteiger partial charge >= 0.3 is 0 Å². The van der Waals surface area contributed by atoms with Gasteiger partial charge in [0.25, 0.3) is 0 Å². The molecule has 1 N–H and O–H groups in total. The highest BCUT2D eigenvalue weighted by molar-refractivity contribution is 8.00. The van der Waals surface area contributed by atoms with Gasteiger partial charge in [0, 0.05) is 16.2 Å². The minimum Gasteiger partial charge on any atom is -0.299 e. The third kappa shape index (κ3) is 4.18. The molecule has 1 aliphatic carbocycles. The highest BCUT2D eigenvalue weighted by atomic mass is 32.2. The number of nitriles is 1. The molecule has 1 fully saturated rings. The maximum Gasteiger partial charge on any atom is 0.139 e. The Kier molecular flexibility index (Phi) is 5.60. The lowest BCUT2D eigenvalue weighted by atomic mass is 9.82. The van der Waals surface area contributed by atoms with Crippen LogP contribution in [0.1, 0.15) is 39.0 Å². The van der Waals surface area contributed by atoms with Crippen LogP contribution in [0.4, 0.5) is 8.78 Å². The maximum atomic E-state index is 13.7. The van der Waals surface area contributed by atoms with Crippen molar-refractivity contribution in [2.45, 2.75) is 54.7 Å². The molecule has 2 rings (SSSR count). The van der Waals surface area contributed by atoms with Crippen LogP contribution in [0.25, 0.3) is 0 Å². The summed E-state index contributed by atoms with van der Waals surface area (Å²) in [6.07, 6.45) is 4.43. The third-order valence-corrected chi connectivity index (χ3v) is 5.14. The van der Waals surface area contributed by atoms with Gasteiger partial charge in [-0.3, -0.25) is 5.32 Å². The zero-order valence-corrected chi connectivity index (χ0v) is 13.0. The van der Waals surface area contributed by atoms with Crippen LogP contribution in [0.15, 0.2) is 23.1 Å². The highest BCUT2D eigenvalue weighted by Gasteiger charge is 2.36. The average molecular weight is 310 g/mol. The highest BCUT2D eigenvalue weighted by Crippen LogP contribution is 2.39. The largest absolute Gasteiger partial charge is 0.299 e. The molecule has 1 aromatic carbocycles. The molecule has 1 aromatic rings. The Bertz CT molecular complexity index is 529. The van der Waals surface area contributed by atoms with Crippen LogP contribution in [0.3, 0.4) is 0 Å². The minimum absolute atomic E-state index is 0.183. The minimum atomic E-state index is -0.559. The number of nitrogens with zero attached hydrogens (tertiary/aromatic N) is 1. The Morgan fingerprint density at radius 3 is 2.95 bits per heavy atom. The lowest BCUT2D eigenvalue weighted by Crippen LogP contribution is -2.48. The monoisotopic (exact) mass is 310 g/mol. The van der Waals surface area contributed by atoms with E-state index in [9.17, 15) is 14.0 Å². The number of hydrogen-bond acceptors (Lipinski definition) is 3. The quantitative estimate of drug-likeness (QED) is 0.882. The van der Waals surface area contributed by atoms with E-state index in [0.29, 0.717) is 11.3 Å². The number of nitrogens with one attached hydrogen (secondary N) is 1. The van der Waals surface area contributed by atoms with Crippen LogP contribution in [-0.2, 0) is 0 Å². The number of halogens is 2. The summed E-state index contributed by atoms with van der Waals surface area (Å²) in [7, 11) is 0. The van der Waals surface area contributed by atoms with Gasteiger partial charge in [-0.05, 0) is 50.8 Å². The van der Waals surface area contributed by atoms with Crippen molar-refractivity contribution in [1.29, 1.82) is 5.26 Å². The van der Waals surface area contributed by atoms with E-state index in [1.165, 1.54) is 23.9 Å². The van der Waals surface area contributed by atoms with E-state index in [4.69, 9.17) is 0 Å². The van der Waals surface area contributed by atoms with Crippen molar-refractivity contribution in [1.82, 2.24) is 5.32 Å². The molecule has 2 atom stereocenters. The van der Waals surface area contributed by atoms with Gasteiger partial charge in [-0.2, -0.15) is 5.26 Å². The molecule has 0 amide bonds. The molecule has 0 aromatic heterocycles. The SMILES string of the molecule is CCCNC1(C#N)CCCC(Sc2ccc(F)cc2F)C1. The summed E-state index contributed by atoms with van der Waals surface area (Å²) in [5.74, 6) is -1.08. The summed E-state index contributed by atoms with van der Waals surface area (Å²) in [4.78, 5) is 0.464. The topological polar surface area (TPSA) is 35.8 Å². The molecule has 21 heavy (non-hydrogen) atoms. The van der Waals surface area contributed by atoms with Crippen LogP contribution in [0, 0.1) is 23.0 Å². The van der Waals surface area contributed by atoms with Crippen LogP contribution in [0.5, 0.6) is 0 Å². The van der Waals surface area contributed by atoms with Crippen molar-refractivity contribution in [3.63, 3.8) is 0 Å². The average Bonchev–Trinajstić information content (AvgIpc) is 2.48. The summed E-state index contributed by atoms with van der Waals surface area (Å²) < 4.78 is 26.7. The van der Waals surface area contributed by atoms with Crippen LogP contribution in [-0.4, -0.2) is 17.3 Å². The number of hydrogen-bond donors (Lipinski definition) is 1. The van der Waals surface area contributed by atoms with Crippen LogP contribution >= 0.6 is 11.8 Å². The van der Waals surface area contributed by atoms with Crippen LogP contribution in [0.2, 0.25) is 0 Å². The lowest BCUT2D eigenvalue weighted by molar-refractivity contribution is 0.304. The van der Waals surface area contributed by atoms with E-state index < -0.39 is 17.2 Å². The number of thioether (sulfide) groups is 1. The molecule has 0 bridgehead atoms. The van der Waals surface area contributed by atoms with Crippen molar-refractivity contribution in [3.05, 3.63) is 29.8 Å². The second kappa shape index (κ2) is 7.24. The fourth-order valence-corrected chi connectivity index (χ4v) is 4.07. The molecule has 2 unspecified atom stereocenters. The van der Waals surface area contributed by atoms with E-state index >= 15 is 0 Å². The van der Waals surface area contributed by atoms with Crippen molar-refractivity contribution < 1.29 is 8.78 Å². The second-order valence-electron chi connectivity index (χ2n) is 5.53. The van der Waals surface area contributed by atoms with Gasteiger partial charge < -0.3 is 0 Å². The molecule has 0 spiro atoms. The second-order valence-corrected chi connectivity index (χ2v) is 6.87. The first-order valence-corrected chi connectivity index (χ1v) is 8.24. The van der Waals surface area contributed by atoms with Crippen molar-refractivity contribution >= 4 is 11.8 Å². The first-order chi connectivity index (χ1) is 10.1. The molecular weight excluding hydrogens is 290 g/mol. The Morgan fingerprint density at radius 2 is 2.29 bits per heavy atom. The Balaban J connectivity index is 2.05. The summed E-state index contributed by atoms with van der Waals surface area (Å²) in [6.45, 7) is 2.89. The van der Waals surface area contributed by atoms with Crippen molar-refractivity contribution in [2.75, 3.05) is 6.54 Å². The Labute approximate surface area is 128 Å². The third-order valence-electron chi connectivity index (χ3n) is 3.82. The zero-order valence-electron chi connectivity index (χ0n) is 12.2. The Morgan fingerprint density at radius 1 is 1.48 bits per heavy atom. The van der Waals surface area contributed by atoms with E-state index in [-0.39, 0.29) is 5.25 Å². The molecule has 0 aliphatic heterocycles. The fourth-order valence-electron chi connectivity index (χ4n) is 2.74. The van der Waals surface area contributed by atoms with Gasteiger partial charge in [-0.25, -0.2) is 8.78 Å². The molecule has 114 valence electrons. The van der Waals surface area contributed by atoms with E-state index in [0.717, 1.165) is 38.3 Å². The lowest BCUT2D eigenvalue weighted by Gasteiger charge is -2.36. The molecular formula is C16H20F2N2S. The van der Waals surface area contributed by atoms with Crippen molar-refractivity contribution in [2.24, 2.45) is 0 Å². The summed E-state index contributed by atoms with van der Waals surface area (Å²) >= 11 is 1.42. The maximum absolute atomic E-state index is 13.7. The summed E-state index contributed by atoms with van der Waals surface area (Å²) in [6, 6.07) is 6.09. The number of rotatable bonds is 5. The molecule has 1 saturated carbocycles. The molecule has 2 nitrogen and oxygen atoms in total. The number of benzene rings is 1. The van der Waals surface area contributed by atoms with Gasteiger partial charge in [0.2, 0.25) is 0 Å². The Hall–Kier alpha value is -1.12. The van der Waals surface area contributed by atoms with Gasteiger partial charge in [0.1, 0.15) is 17.2 Å². The first kappa shape index (κ1) is 16.3. The smallest absolute Gasteiger partial charge is 0.139 e. The van der Waals surface area contributed by atoms with E-state index in [1.807, 2.05) is 0 Å². The normalized spacial score (nSPS) is 25.5. The molecule has 0 saturated heterocycles. The molecule has 5 heteroatoms. The predicted octanol–water partition coefficient (Wildman–Crippen LogP) is 4.26. The standard InChI is InChI=1S/C16H20F2N2S/c1-2-8-20-16(11-19)7-3-4-13(10-16)21-15-6-5-12(17)9-14(15)18/h5-6,9,13,20H,2-4,7-8,10H2,1H3. The van der Waals surface area contributed by atoms with Gasteiger partial charge in [-0.15, -0.1) is 11.8 Å². The van der Waals surface area contributed by atoms with Crippen molar-refractivity contribution in [3.8, 4) is 6.07 Å². The van der Waals surface area contributed by atoms with Gasteiger partial charge in [-0.1, -0.05) is 6.92 Å². The van der Waals surface area contributed by atoms with Gasteiger partial charge in [0.15, 0.2) is 0 Å². The summed E-state index contributed by atoms with van der Waals surface area (Å²) in [5.41, 5.74) is -0.498. The van der Waals surface area contributed by atoms with E-state index in [2.05, 4.69) is 18.3 Å². The predicted molar refractivity (Wildman–Crippen MR) is 81.1 cm³/mol. The fraction of sp³-hybridized carbons (Fsp3) is 0.562. The first-order valence-electron chi connectivity index (χ1n) is 7.36. The molecule has 0 radical (unpaired) electrons. The molecule has 1 aliphatic rings. The zero-order chi connectivity index (χ0) is 15.3.